The van der Waals surface area contributed by atoms with Gasteiger partial charge in [0.05, 0.1) is 5.56 Å². The second-order valence-corrected chi connectivity index (χ2v) is 5.04. The van der Waals surface area contributed by atoms with Crippen molar-refractivity contribution < 1.29 is 22.4 Å². The molecule has 20 heavy (non-hydrogen) atoms. The van der Waals surface area contributed by atoms with Crippen molar-refractivity contribution in [3.8, 4) is 0 Å². The summed E-state index contributed by atoms with van der Waals surface area (Å²) in [5.41, 5.74) is -0.572. The molecule has 6 heteroatoms. The van der Waals surface area contributed by atoms with Gasteiger partial charge in [-0.1, -0.05) is 15.9 Å². The van der Waals surface area contributed by atoms with Gasteiger partial charge in [-0.3, -0.25) is 4.79 Å². The van der Waals surface area contributed by atoms with Crippen molar-refractivity contribution in [1.82, 2.24) is 0 Å². The van der Waals surface area contributed by atoms with Gasteiger partial charge in [0.25, 0.3) is 0 Å². The maximum Gasteiger partial charge on any atom is 0.173 e. The van der Waals surface area contributed by atoms with Gasteiger partial charge in [0.1, 0.15) is 23.3 Å². The highest BCUT2D eigenvalue weighted by atomic mass is 79.9. The lowest BCUT2D eigenvalue weighted by Crippen LogP contribution is -2.10. The van der Waals surface area contributed by atoms with Crippen LogP contribution >= 0.6 is 15.9 Å². The SMILES string of the molecule is O=C(Cc1cc(F)cc(Br)c1)c1c(F)cc(F)cc1F. The Labute approximate surface area is 120 Å². The molecule has 104 valence electrons. The van der Waals surface area contributed by atoms with Gasteiger partial charge in [-0.2, -0.15) is 0 Å². The Bertz CT molecular complexity index is 642. The number of carbonyl (C=O) groups excluding carboxylic acids is 1. The number of rotatable bonds is 3. The Morgan fingerprint density at radius 2 is 1.45 bits per heavy atom. The summed E-state index contributed by atoms with van der Waals surface area (Å²) >= 11 is 3.05. The quantitative estimate of drug-likeness (QED) is 0.593. The molecule has 0 saturated carbocycles. The zero-order valence-electron chi connectivity index (χ0n) is 9.89. The van der Waals surface area contributed by atoms with E-state index >= 15 is 0 Å². The molecule has 0 radical (unpaired) electrons. The van der Waals surface area contributed by atoms with Crippen LogP contribution in [0.4, 0.5) is 17.6 Å². The zero-order valence-corrected chi connectivity index (χ0v) is 11.5. The van der Waals surface area contributed by atoms with Crippen LogP contribution in [0, 0.1) is 23.3 Å². The Morgan fingerprint density at radius 1 is 0.900 bits per heavy atom. The maximum atomic E-state index is 13.4. The molecule has 0 spiro atoms. The van der Waals surface area contributed by atoms with E-state index in [0.717, 1.165) is 6.07 Å². The fourth-order valence-electron chi connectivity index (χ4n) is 1.80. The van der Waals surface area contributed by atoms with Crippen molar-refractivity contribution in [3.63, 3.8) is 0 Å². The molecule has 0 aromatic heterocycles. The van der Waals surface area contributed by atoms with E-state index in [-0.39, 0.29) is 5.56 Å². The van der Waals surface area contributed by atoms with Gasteiger partial charge in [0, 0.05) is 23.0 Å². The van der Waals surface area contributed by atoms with Crippen LogP contribution in [0.5, 0.6) is 0 Å². The van der Waals surface area contributed by atoms with Gasteiger partial charge in [0.15, 0.2) is 5.78 Å². The molecule has 0 aliphatic rings. The van der Waals surface area contributed by atoms with Crippen molar-refractivity contribution in [2.45, 2.75) is 6.42 Å². The Morgan fingerprint density at radius 3 is 2.00 bits per heavy atom. The van der Waals surface area contributed by atoms with E-state index in [1.807, 2.05) is 0 Å². The van der Waals surface area contributed by atoms with E-state index in [0.29, 0.717) is 16.6 Å². The van der Waals surface area contributed by atoms with Crippen molar-refractivity contribution >= 4 is 21.7 Å². The van der Waals surface area contributed by atoms with E-state index in [4.69, 9.17) is 0 Å². The Kier molecular flexibility index (Phi) is 4.23. The molecular weight excluding hydrogens is 340 g/mol. The number of carbonyl (C=O) groups is 1. The summed E-state index contributed by atoms with van der Waals surface area (Å²) < 4.78 is 53.2. The van der Waals surface area contributed by atoms with E-state index in [1.54, 1.807) is 0 Å². The van der Waals surface area contributed by atoms with Gasteiger partial charge < -0.3 is 0 Å². The van der Waals surface area contributed by atoms with Crippen LogP contribution in [0.3, 0.4) is 0 Å². The second kappa shape index (κ2) is 5.75. The molecule has 0 bridgehead atoms. The van der Waals surface area contributed by atoms with Crippen LogP contribution in [0.15, 0.2) is 34.8 Å². The van der Waals surface area contributed by atoms with Crippen molar-refractivity contribution in [2.24, 2.45) is 0 Å². The third-order valence-corrected chi connectivity index (χ3v) is 3.03. The van der Waals surface area contributed by atoms with E-state index in [1.165, 1.54) is 12.1 Å². The number of halogens is 5. The number of hydrogen-bond acceptors (Lipinski definition) is 1. The van der Waals surface area contributed by atoms with Crippen LogP contribution in [-0.4, -0.2) is 5.78 Å². The molecular formula is C14H7BrF4O. The lowest BCUT2D eigenvalue weighted by atomic mass is 10.0. The summed E-state index contributed by atoms with van der Waals surface area (Å²) in [6.45, 7) is 0. The molecule has 0 atom stereocenters. The van der Waals surface area contributed by atoms with Gasteiger partial charge in [-0.05, 0) is 23.8 Å². The fourth-order valence-corrected chi connectivity index (χ4v) is 2.31. The summed E-state index contributed by atoms with van der Waals surface area (Å²) in [6.07, 6.45) is -0.393. The summed E-state index contributed by atoms with van der Waals surface area (Å²) in [5.74, 6) is -5.13. The van der Waals surface area contributed by atoms with E-state index in [2.05, 4.69) is 15.9 Å². The third kappa shape index (κ3) is 3.25. The fraction of sp³-hybridized carbons (Fsp3) is 0.0714. The van der Waals surface area contributed by atoms with Gasteiger partial charge in [-0.15, -0.1) is 0 Å². The predicted octanol–water partition coefficient (Wildman–Crippen LogP) is 4.43. The highest BCUT2D eigenvalue weighted by Crippen LogP contribution is 2.20. The van der Waals surface area contributed by atoms with Crippen LogP contribution in [0.2, 0.25) is 0 Å². The van der Waals surface area contributed by atoms with Gasteiger partial charge in [-0.25, -0.2) is 17.6 Å². The standard InChI is InChI=1S/C14H7BrF4O/c15-8-1-7(2-9(16)4-8)3-13(20)14-11(18)5-10(17)6-12(14)19/h1-2,4-6H,3H2. The molecule has 1 nitrogen and oxygen atoms in total. The monoisotopic (exact) mass is 346 g/mol. The molecule has 0 N–H and O–H groups in total. The van der Waals surface area contributed by atoms with E-state index in [9.17, 15) is 22.4 Å². The number of benzene rings is 2. The molecule has 0 amide bonds. The minimum atomic E-state index is -1.28. The minimum Gasteiger partial charge on any atom is -0.294 e. The molecule has 0 saturated heterocycles. The third-order valence-electron chi connectivity index (χ3n) is 2.57. The normalized spacial score (nSPS) is 10.7. The first kappa shape index (κ1) is 14.7. The summed E-state index contributed by atoms with van der Waals surface area (Å²) in [4.78, 5) is 11.8. The Balaban J connectivity index is 2.33. The van der Waals surface area contributed by atoms with Crippen molar-refractivity contribution in [1.29, 1.82) is 0 Å². The first-order valence-electron chi connectivity index (χ1n) is 5.49. The van der Waals surface area contributed by atoms with Crippen LogP contribution in [0.1, 0.15) is 15.9 Å². The van der Waals surface area contributed by atoms with Crippen LogP contribution in [-0.2, 0) is 6.42 Å². The average Bonchev–Trinajstić information content (AvgIpc) is 2.25. The first-order valence-corrected chi connectivity index (χ1v) is 6.29. The largest absolute Gasteiger partial charge is 0.294 e. The molecule has 0 unspecified atom stereocenters. The predicted molar refractivity (Wildman–Crippen MR) is 68.5 cm³/mol. The zero-order chi connectivity index (χ0) is 14.9. The molecule has 2 rings (SSSR count). The van der Waals surface area contributed by atoms with Crippen molar-refractivity contribution in [2.75, 3.05) is 0 Å². The summed E-state index contributed by atoms with van der Waals surface area (Å²) in [6, 6.07) is 4.59. The van der Waals surface area contributed by atoms with E-state index < -0.39 is 41.0 Å². The highest BCUT2D eigenvalue weighted by molar-refractivity contribution is 9.10. The van der Waals surface area contributed by atoms with Crippen molar-refractivity contribution in [3.05, 3.63) is 69.2 Å². The second-order valence-electron chi connectivity index (χ2n) is 4.12. The number of ketones is 1. The molecule has 0 fully saturated rings. The number of Topliss-reactive ketones (excluding diaryl/α,β-unsaturated/α-hetero) is 1. The topological polar surface area (TPSA) is 17.1 Å². The molecule has 2 aromatic rings. The summed E-state index contributed by atoms with van der Waals surface area (Å²) in [5, 5.41) is 0. The summed E-state index contributed by atoms with van der Waals surface area (Å²) in [7, 11) is 0. The molecule has 0 aliphatic carbocycles. The first-order chi connectivity index (χ1) is 9.36. The lowest BCUT2D eigenvalue weighted by Gasteiger charge is -2.05. The maximum absolute atomic E-state index is 13.4. The van der Waals surface area contributed by atoms with Gasteiger partial charge in [0.2, 0.25) is 0 Å². The number of hydrogen-bond donors (Lipinski definition) is 0. The highest BCUT2D eigenvalue weighted by Gasteiger charge is 2.19. The Hall–Kier alpha value is -1.69. The lowest BCUT2D eigenvalue weighted by molar-refractivity contribution is 0.0984. The molecule has 0 aliphatic heterocycles. The van der Waals surface area contributed by atoms with Gasteiger partial charge >= 0.3 is 0 Å². The molecule has 2 aromatic carbocycles. The van der Waals surface area contributed by atoms with Crippen LogP contribution < -0.4 is 0 Å². The molecule has 0 heterocycles. The minimum absolute atomic E-state index is 0.255. The average molecular weight is 347 g/mol. The van der Waals surface area contributed by atoms with Crippen LogP contribution in [0.25, 0.3) is 0 Å². The smallest absolute Gasteiger partial charge is 0.173 e.